The van der Waals surface area contributed by atoms with Crippen molar-refractivity contribution in [3.8, 4) is 0 Å². The molecule has 2 N–H and O–H groups in total. The summed E-state index contributed by atoms with van der Waals surface area (Å²) in [5.74, 6) is -0.341. The highest BCUT2D eigenvalue weighted by atomic mass is 16.4. The predicted molar refractivity (Wildman–Crippen MR) is 48.5 cm³/mol. The van der Waals surface area contributed by atoms with Gasteiger partial charge in [-0.3, -0.25) is 4.79 Å². The van der Waals surface area contributed by atoms with Gasteiger partial charge in [-0.1, -0.05) is 0 Å². The molecule has 1 fully saturated rings. The van der Waals surface area contributed by atoms with Crippen LogP contribution >= 0.6 is 0 Å². The van der Waals surface area contributed by atoms with Crippen molar-refractivity contribution in [3.05, 3.63) is 0 Å². The second-order valence-corrected chi connectivity index (χ2v) is 3.65. The highest BCUT2D eigenvalue weighted by Gasteiger charge is 2.27. The van der Waals surface area contributed by atoms with Crippen LogP contribution in [0.4, 0.5) is 0 Å². The quantitative estimate of drug-likeness (QED) is 0.582. The van der Waals surface area contributed by atoms with Gasteiger partial charge < -0.3 is 15.1 Å². The molecule has 0 aliphatic carbocycles. The summed E-state index contributed by atoms with van der Waals surface area (Å²) in [7, 11) is 0. The number of carboxylic acids is 1. The minimum Gasteiger partial charge on any atom is -0.481 e. The number of nitrogens with zero attached hydrogens (tertiary/aromatic N) is 1. The fraction of sp³-hybridized carbons (Fsp3) is 0.889. The van der Waals surface area contributed by atoms with E-state index in [4.69, 9.17) is 10.2 Å². The van der Waals surface area contributed by atoms with Gasteiger partial charge in [0.1, 0.15) is 0 Å². The van der Waals surface area contributed by atoms with E-state index in [9.17, 15) is 4.79 Å². The molecule has 1 aliphatic rings. The molecule has 0 spiro atoms. The molecular formula is C9H17NO3. The number of aliphatic hydroxyl groups excluding tert-OH is 1. The maximum atomic E-state index is 10.3. The first-order valence-corrected chi connectivity index (χ1v) is 4.77. The molecular weight excluding hydrogens is 170 g/mol. The monoisotopic (exact) mass is 187 g/mol. The van der Waals surface area contributed by atoms with Crippen LogP contribution in [0.3, 0.4) is 0 Å². The second-order valence-electron chi connectivity index (χ2n) is 3.65. The van der Waals surface area contributed by atoms with Crippen molar-refractivity contribution >= 4 is 5.97 Å². The first-order valence-electron chi connectivity index (χ1n) is 4.77. The first-order chi connectivity index (χ1) is 6.22. The Labute approximate surface area is 78.2 Å². The molecule has 0 radical (unpaired) electrons. The maximum Gasteiger partial charge on any atom is 0.303 e. The average molecular weight is 187 g/mol. The summed E-state index contributed by atoms with van der Waals surface area (Å²) in [6.45, 7) is 3.08. The minimum atomic E-state index is -0.694. The molecule has 0 atom stereocenters. The van der Waals surface area contributed by atoms with Crippen LogP contribution in [0.25, 0.3) is 0 Å². The summed E-state index contributed by atoms with van der Waals surface area (Å²) in [6.07, 6.45) is 2.16. The lowest BCUT2D eigenvalue weighted by Crippen LogP contribution is -2.47. The summed E-state index contributed by atoms with van der Waals surface area (Å²) in [5, 5.41) is 17.0. The highest BCUT2D eigenvalue weighted by Crippen LogP contribution is 2.18. The lowest BCUT2D eigenvalue weighted by atomic mass is 9.96. The molecule has 1 saturated heterocycles. The average Bonchev–Trinajstić information content (AvgIpc) is 1.99. The largest absolute Gasteiger partial charge is 0.481 e. The number of aliphatic carboxylic acids is 1. The van der Waals surface area contributed by atoms with Gasteiger partial charge in [0.15, 0.2) is 0 Å². The minimum absolute atomic E-state index is 0.256. The van der Waals surface area contributed by atoms with Crippen LogP contribution in [0.2, 0.25) is 0 Å². The van der Waals surface area contributed by atoms with Crippen LogP contribution < -0.4 is 0 Å². The van der Waals surface area contributed by atoms with Gasteiger partial charge in [-0.2, -0.15) is 0 Å². The van der Waals surface area contributed by atoms with E-state index in [0.717, 1.165) is 32.5 Å². The van der Waals surface area contributed by atoms with Gasteiger partial charge in [0.25, 0.3) is 0 Å². The third-order valence-corrected chi connectivity index (χ3v) is 2.38. The van der Waals surface area contributed by atoms with Crippen LogP contribution in [-0.4, -0.2) is 47.3 Å². The lowest BCUT2D eigenvalue weighted by molar-refractivity contribution is -0.139. The van der Waals surface area contributed by atoms with E-state index >= 15 is 0 Å². The fourth-order valence-electron chi connectivity index (χ4n) is 1.68. The SMILES string of the molecule is O=C(O)CC1CN(CCCCO)C1. The zero-order valence-electron chi connectivity index (χ0n) is 7.78. The van der Waals surface area contributed by atoms with E-state index in [1.54, 1.807) is 0 Å². The summed E-state index contributed by atoms with van der Waals surface area (Å²) in [5.41, 5.74) is 0. The van der Waals surface area contributed by atoms with Crippen molar-refractivity contribution in [2.75, 3.05) is 26.2 Å². The number of carboxylic acid groups (broad SMARTS) is 1. The number of hydrogen-bond acceptors (Lipinski definition) is 3. The summed E-state index contributed by atoms with van der Waals surface area (Å²) >= 11 is 0. The zero-order valence-corrected chi connectivity index (χ0v) is 7.78. The van der Waals surface area contributed by atoms with Crippen LogP contribution in [0, 0.1) is 5.92 Å². The Balaban J connectivity index is 1.95. The Bertz CT molecular complexity index is 166. The van der Waals surface area contributed by atoms with Crippen LogP contribution in [0.1, 0.15) is 19.3 Å². The standard InChI is InChI=1S/C9H17NO3/c11-4-2-1-3-10-6-8(7-10)5-9(12)13/h8,11H,1-7H2,(H,12,13). The Morgan fingerprint density at radius 1 is 1.38 bits per heavy atom. The Morgan fingerprint density at radius 2 is 2.08 bits per heavy atom. The normalized spacial score (nSPS) is 18.5. The molecule has 4 heteroatoms. The highest BCUT2D eigenvalue weighted by molar-refractivity contribution is 5.67. The van der Waals surface area contributed by atoms with Gasteiger partial charge in [-0.15, -0.1) is 0 Å². The number of carbonyl (C=O) groups is 1. The van der Waals surface area contributed by atoms with Crippen LogP contribution in [0.5, 0.6) is 0 Å². The molecule has 4 nitrogen and oxygen atoms in total. The smallest absolute Gasteiger partial charge is 0.303 e. The molecule has 13 heavy (non-hydrogen) atoms. The fourth-order valence-corrected chi connectivity index (χ4v) is 1.68. The van der Waals surface area contributed by atoms with Gasteiger partial charge in [0.05, 0.1) is 6.42 Å². The van der Waals surface area contributed by atoms with Gasteiger partial charge in [-0.25, -0.2) is 0 Å². The van der Waals surface area contributed by atoms with Gasteiger partial charge in [0, 0.05) is 19.7 Å². The molecule has 0 aromatic rings. The van der Waals surface area contributed by atoms with Crippen molar-refractivity contribution < 1.29 is 15.0 Å². The summed E-state index contributed by atoms with van der Waals surface area (Å²) < 4.78 is 0. The van der Waals surface area contributed by atoms with Gasteiger partial charge in [0.2, 0.25) is 0 Å². The van der Waals surface area contributed by atoms with Gasteiger partial charge in [-0.05, 0) is 25.3 Å². The van der Waals surface area contributed by atoms with Crippen molar-refractivity contribution in [1.29, 1.82) is 0 Å². The molecule has 0 aromatic heterocycles. The third-order valence-electron chi connectivity index (χ3n) is 2.38. The predicted octanol–water partition coefficient (Wildman–Crippen LogP) is 0.165. The number of aliphatic hydroxyl groups is 1. The maximum absolute atomic E-state index is 10.3. The van der Waals surface area contributed by atoms with Crippen molar-refractivity contribution in [1.82, 2.24) is 4.90 Å². The van der Waals surface area contributed by atoms with E-state index in [1.165, 1.54) is 0 Å². The summed E-state index contributed by atoms with van der Waals surface area (Å²) in [6, 6.07) is 0. The molecule has 1 rings (SSSR count). The Hall–Kier alpha value is -0.610. The first kappa shape index (κ1) is 10.5. The molecule has 0 bridgehead atoms. The molecule has 1 aliphatic heterocycles. The number of rotatable bonds is 6. The number of hydrogen-bond donors (Lipinski definition) is 2. The lowest BCUT2D eigenvalue weighted by Gasteiger charge is -2.38. The number of unbranched alkanes of at least 4 members (excludes halogenated alkanes) is 1. The number of likely N-dealkylation sites (tertiary alicyclic amines) is 1. The molecule has 1 heterocycles. The topological polar surface area (TPSA) is 60.8 Å². The second kappa shape index (κ2) is 5.19. The van der Waals surface area contributed by atoms with Crippen LogP contribution in [0.15, 0.2) is 0 Å². The molecule has 0 amide bonds. The van der Waals surface area contributed by atoms with E-state index in [-0.39, 0.29) is 6.61 Å². The third kappa shape index (κ3) is 3.74. The molecule has 76 valence electrons. The Kier molecular flexibility index (Phi) is 4.18. The molecule has 0 saturated carbocycles. The summed E-state index contributed by atoms with van der Waals surface area (Å²) in [4.78, 5) is 12.6. The van der Waals surface area contributed by atoms with Crippen LogP contribution in [-0.2, 0) is 4.79 Å². The molecule has 0 aromatic carbocycles. The Morgan fingerprint density at radius 3 is 2.62 bits per heavy atom. The van der Waals surface area contributed by atoms with Crippen molar-refractivity contribution in [2.24, 2.45) is 5.92 Å². The van der Waals surface area contributed by atoms with Gasteiger partial charge >= 0.3 is 5.97 Å². The van der Waals surface area contributed by atoms with Crippen molar-refractivity contribution in [3.63, 3.8) is 0 Å². The van der Waals surface area contributed by atoms with E-state index in [1.807, 2.05) is 0 Å². The van der Waals surface area contributed by atoms with E-state index in [0.29, 0.717) is 12.3 Å². The van der Waals surface area contributed by atoms with E-state index < -0.39 is 5.97 Å². The van der Waals surface area contributed by atoms with E-state index in [2.05, 4.69) is 4.90 Å². The molecule has 0 unspecified atom stereocenters. The zero-order chi connectivity index (χ0) is 9.68. The van der Waals surface area contributed by atoms with Crippen molar-refractivity contribution in [2.45, 2.75) is 19.3 Å².